The Morgan fingerprint density at radius 3 is 2.86 bits per heavy atom. The zero-order valence-corrected chi connectivity index (χ0v) is 12.0. The highest BCUT2D eigenvalue weighted by molar-refractivity contribution is 7.16. The topological polar surface area (TPSA) is 86.5 Å². The van der Waals surface area contributed by atoms with E-state index in [1.165, 1.54) is 20.3 Å². The number of imidazole rings is 1. The van der Waals surface area contributed by atoms with Crippen LogP contribution in [-0.4, -0.2) is 39.8 Å². The third kappa shape index (κ3) is 2.19. The molecule has 3 rings (SSSR count). The van der Waals surface area contributed by atoms with Gasteiger partial charge in [0.15, 0.2) is 4.88 Å². The number of thiophene rings is 1. The number of rotatable bonds is 3. The number of carbonyl (C=O) groups excluding carboxylic acids is 1. The Bertz CT molecular complexity index is 824. The zero-order valence-electron chi connectivity index (χ0n) is 11.2. The van der Waals surface area contributed by atoms with Crippen LogP contribution < -0.4 is 4.74 Å². The Morgan fingerprint density at radius 2 is 2.14 bits per heavy atom. The fraction of sp³-hybridized carbons (Fsp3) is 0.154. The van der Waals surface area contributed by atoms with E-state index in [0.29, 0.717) is 16.4 Å². The van der Waals surface area contributed by atoms with Crippen molar-refractivity contribution in [3.63, 3.8) is 0 Å². The van der Waals surface area contributed by atoms with Crippen LogP contribution in [0.2, 0.25) is 0 Å². The minimum absolute atomic E-state index is 0.120. The van der Waals surface area contributed by atoms with Crippen LogP contribution in [0.3, 0.4) is 0 Å². The summed E-state index contributed by atoms with van der Waals surface area (Å²) in [6, 6.07) is 3.20. The number of esters is 1. The lowest BCUT2D eigenvalue weighted by Crippen LogP contribution is -1.97. The fourth-order valence-corrected chi connectivity index (χ4v) is 2.86. The average Bonchev–Trinajstić information content (AvgIpc) is 3.08. The van der Waals surface area contributed by atoms with E-state index in [9.17, 15) is 9.90 Å². The molecular formula is C13H11N3O4S. The normalized spacial score (nSPS) is 10.8. The van der Waals surface area contributed by atoms with Gasteiger partial charge in [-0.1, -0.05) is 0 Å². The second-order valence-electron chi connectivity index (χ2n) is 4.12. The van der Waals surface area contributed by atoms with Crippen LogP contribution in [0.1, 0.15) is 9.67 Å². The van der Waals surface area contributed by atoms with Gasteiger partial charge in [-0.05, 0) is 0 Å². The van der Waals surface area contributed by atoms with Crippen LogP contribution in [0.25, 0.3) is 16.0 Å². The van der Waals surface area contributed by atoms with E-state index in [-0.39, 0.29) is 10.6 Å². The number of aromatic nitrogens is 3. The molecule has 0 spiro atoms. The van der Waals surface area contributed by atoms with Crippen LogP contribution in [0.15, 0.2) is 24.7 Å². The number of fused-ring (bicyclic) bond motifs is 1. The molecule has 1 N–H and O–H groups in total. The molecule has 0 aliphatic heterocycles. The van der Waals surface area contributed by atoms with Crippen molar-refractivity contribution in [3.8, 4) is 16.6 Å². The van der Waals surface area contributed by atoms with Gasteiger partial charge in [0.2, 0.25) is 5.88 Å². The van der Waals surface area contributed by atoms with Gasteiger partial charge in [-0.3, -0.25) is 4.57 Å². The summed E-state index contributed by atoms with van der Waals surface area (Å²) in [4.78, 5) is 20.1. The van der Waals surface area contributed by atoms with Gasteiger partial charge in [-0.2, -0.15) is 0 Å². The summed E-state index contributed by atoms with van der Waals surface area (Å²) in [5.74, 6) is -0.227. The SMILES string of the molecule is COC(=O)c1sc(-n2cnc3cc(OC)ncc32)cc1O. The Labute approximate surface area is 123 Å². The lowest BCUT2D eigenvalue weighted by Gasteiger charge is -2.00. The fourth-order valence-electron chi connectivity index (χ4n) is 1.90. The number of aromatic hydroxyl groups is 1. The molecule has 3 heterocycles. The highest BCUT2D eigenvalue weighted by Gasteiger charge is 2.18. The summed E-state index contributed by atoms with van der Waals surface area (Å²) in [5, 5.41) is 10.5. The number of hydrogen-bond donors (Lipinski definition) is 1. The summed E-state index contributed by atoms with van der Waals surface area (Å²) < 4.78 is 11.4. The first kappa shape index (κ1) is 13.4. The molecule has 8 heteroatoms. The summed E-state index contributed by atoms with van der Waals surface area (Å²) in [7, 11) is 2.80. The van der Waals surface area contributed by atoms with E-state index in [1.807, 2.05) is 0 Å². The van der Waals surface area contributed by atoms with Gasteiger partial charge < -0.3 is 14.6 Å². The van der Waals surface area contributed by atoms with Crippen LogP contribution in [0.4, 0.5) is 0 Å². The van der Waals surface area contributed by atoms with E-state index >= 15 is 0 Å². The monoisotopic (exact) mass is 305 g/mol. The van der Waals surface area contributed by atoms with E-state index in [1.54, 1.807) is 23.2 Å². The van der Waals surface area contributed by atoms with Crippen LogP contribution >= 0.6 is 11.3 Å². The molecule has 3 aromatic heterocycles. The molecule has 0 atom stereocenters. The third-order valence-corrected chi connectivity index (χ3v) is 4.03. The van der Waals surface area contributed by atoms with E-state index in [4.69, 9.17) is 4.74 Å². The van der Waals surface area contributed by atoms with Gasteiger partial charge in [0.05, 0.1) is 31.4 Å². The molecule has 0 bridgehead atoms. The molecule has 0 aromatic carbocycles. The number of nitrogens with zero attached hydrogens (tertiary/aromatic N) is 3. The Hall–Kier alpha value is -2.61. The molecule has 0 saturated carbocycles. The predicted molar refractivity (Wildman–Crippen MR) is 76.3 cm³/mol. The molecule has 0 amide bonds. The maximum Gasteiger partial charge on any atom is 0.351 e. The van der Waals surface area contributed by atoms with Crippen molar-refractivity contribution in [2.45, 2.75) is 0 Å². The second kappa shape index (κ2) is 5.06. The second-order valence-corrected chi connectivity index (χ2v) is 5.15. The van der Waals surface area contributed by atoms with Gasteiger partial charge in [-0.15, -0.1) is 11.3 Å². The van der Waals surface area contributed by atoms with Gasteiger partial charge in [0.25, 0.3) is 0 Å². The van der Waals surface area contributed by atoms with Gasteiger partial charge in [0, 0.05) is 12.1 Å². The smallest absolute Gasteiger partial charge is 0.351 e. The lowest BCUT2D eigenvalue weighted by atomic mass is 10.4. The molecule has 0 unspecified atom stereocenters. The highest BCUT2D eigenvalue weighted by Crippen LogP contribution is 2.33. The molecule has 108 valence electrons. The number of carbonyl (C=O) groups is 1. The predicted octanol–water partition coefficient (Wildman–Crippen LogP) is 1.98. The summed E-state index contributed by atoms with van der Waals surface area (Å²) in [6.07, 6.45) is 3.22. The number of ether oxygens (including phenoxy) is 2. The molecule has 21 heavy (non-hydrogen) atoms. The lowest BCUT2D eigenvalue weighted by molar-refractivity contribution is 0.0603. The van der Waals surface area contributed by atoms with Gasteiger partial charge in [0.1, 0.15) is 17.1 Å². The molecule has 0 saturated heterocycles. The first-order valence-corrected chi connectivity index (χ1v) is 6.74. The first-order valence-electron chi connectivity index (χ1n) is 5.92. The molecule has 3 aromatic rings. The van der Waals surface area contributed by atoms with E-state index in [2.05, 4.69) is 14.7 Å². The van der Waals surface area contributed by atoms with Crippen molar-refractivity contribution in [2.24, 2.45) is 0 Å². The van der Waals surface area contributed by atoms with Crippen molar-refractivity contribution in [3.05, 3.63) is 29.5 Å². The minimum Gasteiger partial charge on any atom is -0.506 e. The summed E-state index contributed by atoms with van der Waals surface area (Å²) in [5.41, 5.74) is 1.45. The highest BCUT2D eigenvalue weighted by atomic mass is 32.1. The summed E-state index contributed by atoms with van der Waals surface area (Å²) >= 11 is 1.11. The molecule has 0 radical (unpaired) electrons. The van der Waals surface area contributed by atoms with Crippen molar-refractivity contribution >= 4 is 28.3 Å². The Kier molecular flexibility index (Phi) is 3.22. The van der Waals surface area contributed by atoms with Crippen molar-refractivity contribution in [1.82, 2.24) is 14.5 Å². The Morgan fingerprint density at radius 1 is 1.33 bits per heavy atom. The summed E-state index contributed by atoms with van der Waals surface area (Å²) in [6.45, 7) is 0. The van der Waals surface area contributed by atoms with Crippen LogP contribution in [0, 0.1) is 0 Å². The van der Waals surface area contributed by atoms with Crippen molar-refractivity contribution < 1.29 is 19.4 Å². The maximum absolute atomic E-state index is 11.5. The number of pyridine rings is 1. The van der Waals surface area contributed by atoms with E-state index < -0.39 is 5.97 Å². The largest absolute Gasteiger partial charge is 0.506 e. The standard InChI is InChI=1S/C13H11N3O4S/c1-19-10-3-7-8(5-14-10)16(6-15-7)11-4-9(17)12(21-11)13(18)20-2/h3-6,17H,1-2H3. The average molecular weight is 305 g/mol. The van der Waals surface area contributed by atoms with Crippen molar-refractivity contribution in [2.75, 3.05) is 14.2 Å². The van der Waals surface area contributed by atoms with Gasteiger partial charge >= 0.3 is 5.97 Å². The maximum atomic E-state index is 11.5. The minimum atomic E-state index is -0.576. The molecule has 7 nitrogen and oxygen atoms in total. The molecule has 0 fully saturated rings. The van der Waals surface area contributed by atoms with E-state index in [0.717, 1.165) is 16.9 Å². The molecule has 0 aliphatic rings. The third-order valence-electron chi connectivity index (χ3n) is 2.93. The molecule has 0 aliphatic carbocycles. The quantitative estimate of drug-likeness (QED) is 0.745. The zero-order chi connectivity index (χ0) is 15.0. The van der Waals surface area contributed by atoms with Crippen molar-refractivity contribution in [1.29, 1.82) is 0 Å². The number of hydrogen-bond acceptors (Lipinski definition) is 7. The van der Waals surface area contributed by atoms with Crippen LogP contribution in [0.5, 0.6) is 11.6 Å². The number of methoxy groups -OCH3 is 2. The molecular weight excluding hydrogens is 294 g/mol. The van der Waals surface area contributed by atoms with Gasteiger partial charge in [-0.25, -0.2) is 14.8 Å². The Balaban J connectivity index is 2.10. The first-order chi connectivity index (χ1) is 10.1. The van der Waals surface area contributed by atoms with Crippen LogP contribution in [-0.2, 0) is 4.74 Å².